The molecule has 1 aromatic heterocycles. The smallest absolute Gasteiger partial charge is 0.326 e. The van der Waals surface area contributed by atoms with Crippen LogP contribution in [0.4, 0.5) is 0 Å². The lowest BCUT2D eigenvalue weighted by atomic mass is 9.93. The Bertz CT molecular complexity index is 1000. The molecule has 1 saturated carbocycles. The topological polar surface area (TPSA) is 121 Å². The summed E-state index contributed by atoms with van der Waals surface area (Å²) < 4.78 is 0. The Morgan fingerprint density at radius 1 is 1.09 bits per heavy atom. The summed E-state index contributed by atoms with van der Waals surface area (Å²) in [5, 5.41) is 14.9. The number of rotatable bonds is 10. The van der Waals surface area contributed by atoms with Gasteiger partial charge in [-0.3, -0.25) is 9.59 Å². The zero-order valence-electron chi connectivity index (χ0n) is 19.9. The average molecular weight is 521 g/mol. The van der Waals surface area contributed by atoms with Gasteiger partial charge in [-0.05, 0) is 29.9 Å². The molecular weight excluding hydrogens is 488 g/mol. The Morgan fingerprint density at radius 2 is 1.69 bits per heavy atom. The fourth-order valence-corrected chi connectivity index (χ4v) is 4.47. The van der Waals surface area contributed by atoms with Crippen molar-refractivity contribution in [3.05, 3.63) is 48.5 Å². The summed E-state index contributed by atoms with van der Waals surface area (Å²) >= 11 is 4.44. The first-order valence-electron chi connectivity index (χ1n) is 11.6. The second-order valence-electron chi connectivity index (χ2n) is 9.00. The van der Waals surface area contributed by atoms with Gasteiger partial charge in [-0.2, -0.15) is 12.6 Å². The maximum Gasteiger partial charge on any atom is 0.326 e. The quantitative estimate of drug-likeness (QED) is 0.356. The van der Waals surface area contributed by atoms with E-state index in [0.717, 1.165) is 36.0 Å². The first kappa shape index (κ1) is 28.6. The number of aliphatic carboxylic acids is 1. The van der Waals surface area contributed by atoms with E-state index in [0.29, 0.717) is 12.8 Å². The van der Waals surface area contributed by atoms with E-state index < -0.39 is 28.7 Å². The zero-order chi connectivity index (χ0) is 24.7. The number of carboxylic acid groups (broad SMARTS) is 1. The molecule has 190 valence electrons. The molecule has 3 atom stereocenters. The predicted molar refractivity (Wildman–Crippen MR) is 140 cm³/mol. The highest BCUT2D eigenvalue weighted by atomic mass is 35.5. The molecule has 3 rings (SSSR count). The number of carbonyl (C=O) groups is 3. The van der Waals surface area contributed by atoms with Crippen LogP contribution in [0.15, 0.2) is 43.0 Å². The standard InChI is InChI=1S/C25H32N4O4S.ClH/c1-3-16(2)21(34)22(30)29-25(10-4-5-11-25)24(33)28-20(23(31)32)12-17-6-8-18(9-7-17)19-13-26-15-27-14-19;/h6-9,13-16,20-21,34H,3-5,10-12H2,1-2H3,(H,28,33)(H,29,30)(H,31,32);1H. The minimum Gasteiger partial charge on any atom is -0.480 e. The molecule has 35 heavy (non-hydrogen) atoms. The van der Waals surface area contributed by atoms with Crippen LogP contribution in [0.5, 0.6) is 0 Å². The summed E-state index contributed by atoms with van der Waals surface area (Å²) in [6, 6.07) is 6.28. The number of thiol groups is 1. The third kappa shape index (κ3) is 7.18. The van der Waals surface area contributed by atoms with Gasteiger partial charge in [0.25, 0.3) is 0 Å². The molecule has 0 aliphatic heterocycles. The van der Waals surface area contributed by atoms with E-state index in [1.54, 1.807) is 12.4 Å². The van der Waals surface area contributed by atoms with Crippen LogP contribution in [0, 0.1) is 5.92 Å². The second kappa shape index (κ2) is 12.9. The lowest BCUT2D eigenvalue weighted by molar-refractivity contribution is -0.143. The summed E-state index contributed by atoms with van der Waals surface area (Å²) in [5.74, 6) is -1.81. The molecule has 3 N–H and O–H groups in total. The molecule has 1 aromatic carbocycles. The molecule has 8 nitrogen and oxygen atoms in total. The molecular formula is C25H33ClN4O4S. The van der Waals surface area contributed by atoms with E-state index in [4.69, 9.17) is 0 Å². The number of hydrogen-bond acceptors (Lipinski definition) is 6. The minimum atomic E-state index is -1.12. The molecule has 0 spiro atoms. The van der Waals surface area contributed by atoms with Crippen molar-refractivity contribution in [1.82, 2.24) is 20.6 Å². The number of benzene rings is 1. The molecule has 0 radical (unpaired) electrons. The fraction of sp³-hybridized carbons (Fsp3) is 0.480. The van der Waals surface area contributed by atoms with Crippen molar-refractivity contribution in [3.8, 4) is 11.1 Å². The Balaban J connectivity index is 0.00000432. The van der Waals surface area contributed by atoms with Gasteiger partial charge in [0.1, 0.15) is 17.9 Å². The van der Waals surface area contributed by atoms with Crippen molar-refractivity contribution in [2.24, 2.45) is 5.92 Å². The molecule has 0 bridgehead atoms. The van der Waals surface area contributed by atoms with Gasteiger partial charge in [0.05, 0.1) is 5.25 Å². The van der Waals surface area contributed by atoms with Gasteiger partial charge < -0.3 is 15.7 Å². The van der Waals surface area contributed by atoms with Gasteiger partial charge in [0.2, 0.25) is 11.8 Å². The van der Waals surface area contributed by atoms with E-state index >= 15 is 0 Å². The monoisotopic (exact) mass is 520 g/mol. The van der Waals surface area contributed by atoms with Crippen molar-refractivity contribution in [3.63, 3.8) is 0 Å². The van der Waals surface area contributed by atoms with Crippen molar-refractivity contribution in [2.75, 3.05) is 0 Å². The molecule has 0 saturated heterocycles. The zero-order valence-corrected chi connectivity index (χ0v) is 21.6. The van der Waals surface area contributed by atoms with Crippen LogP contribution < -0.4 is 10.6 Å². The van der Waals surface area contributed by atoms with Gasteiger partial charge in [-0.25, -0.2) is 14.8 Å². The molecule has 2 amide bonds. The fourth-order valence-electron chi connectivity index (χ4n) is 4.19. The Labute approximate surface area is 217 Å². The molecule has 2 aromatic rings. The highest BCUT2D eigenvalue weighted by Crippen LogP contribution is 2.31. The van der Waals surface area contributed by atoms with Crippen molar-refractivity contribution < 1.29 is 19.5 Å². The summed E-state index contributed by atoms with van der Waals surface area (Å²) in [5.41, 5.74) is 1.44. The molecule has 3 unspecified atom stereocenters. The van der Waals surface area contributed by atoms with Gasteiger partial charge in [0, 0.05) is 24.4 Å². The minimum absolute atomic E-state index is 0. The highest BCUT2D eigenvalue weighted by Gasteiger charge is 2.44. The molecule has 1 aliphatic rings. The van der Waals surface area contributed by atoms with Crippen LogP contribution in [0.2, 0.25) is 0 Å². The first-order valence-corrected chi connectivity index (χ1v) is 12.2. The maximum atomic E-state index is 13.3. The number of carboxylic acids is 1. The summed E-state index contributed by atoms with van der Waals surface area (Å²) in [7, 11) is 0. The Morgan fingerprint density at radius 3 is 2.23 bits per heavy atom. The van der Waals surface area contributed by atoms with Crippen LogP contribution in [-0.2, 0) is 20.8 Å². The first-order chi connectivity index (χ1) is 16.3. The molecule has 1 heterocycles. The average Bonchev–Trinajstić information content (AvgIpc) is 3.33. The largest absolute Gasteiger partial charge is 0.480 e. The molecule has 10 heteroatoms. The second-order valence-corrected chi connectivity index (χ2v) is 9.56. The Kier molecular flexibility index (Phi) is 10.5. The predicted octanol–water partition coefficient (Wildman–Crippen LogP) is 3.45. The van der Waals surface area contributed by atoms with Gasteiger partial charge >= 0.3 is 5.97 Å². The van der Waals surface area contributed by atoms with E-state index in [9.17, 15) is 19.5 Å². The third-order valence-electron chi connectivity index (χ3n) is 6.60. The summed E-state index contributed by atoms with van der Waals surface area (Å²) in [4.78, 5) is 46.0. The van der Waals surface area contributed by atoms with E-state index in [1.807, 2.05) is 38.1 Å². The van der Waals surface area contributed by atoms with Crippen molar-refractivity contribution in [1.29, 1.82) is 0 Å². The Hall–Kier alpha value is -2.65. The number of nitrogens with one attached hydrogen (secondary N) is 2. The number of carbonyl (C=O) groups excluding carboxylic acids is 2. The van der Waals surface area contributed by atoms with Crippen LogP contribution in [0.3, 0.4) is 0 Å². The van der Waals surface area contributed by atoms with Crippen LogP contribution in [0.1, 0.15) is 51.5 Å². The number of aromatic nitrogens is 2. The summed E-state index contributed by atoms with van der Waals surface area (Å²) in [6.07, 6.45) is 8.31. The van der Waals surface area contributed by atoms with Crippen LogP contribution in [-0.4, -0.2) is 49.7 Å². The van der Waals surface area contributed by atoms with Crippen LogP contribution >= 0.6 is 25.0 Å². The lowest BCUT2D eigenvalue weighted by Crippen LogP contribution is -2.61. The van der Waals surface area contributed by atoms with E-state index in [1.165, 1.54) is 6.33 Å². The number of hydrogen-bond donors (Lipinski definition) is 4. The van der Waals surface area contributed by atoms with Gasteiger partial charge in [-0.15, -0.1) is 12.4 Å². The number of nitrogens with zero attached hydrogens (tertiary/aromatic N) is 2. The number of halogens is 1. The normalized spacial score (nSPS) is 16.9. The maximum absolute atomic E-state index is 13.3. The highest BCUT2D eigenvalue weighted by molar-refractivity contribution is 7.81. The van der Waals surface area contributed by atoms with Gasteiger partial charge in [-0.1, -0.05) is 57.4 Å². The van der Waals surface area contributed by atoms with Crippen molar-refractivity contribution in [2.45, 2.75) is 69.2 Å². The van der Waals surface area contributed by atoms with Crippen molar-refractivity contribution >= 4 is 42.8 Å². The SMILES string of the molecule is CCC(C)C(S)C(=O)NC1(C(=O)NC(Cc2ccc(-c3cncnc3)cc2)C(=O)O)CCCC1.Cl. The van der Waals surface area contributed by atoms with E-state index in [2.05, 4.69) is 33.2 Å². The summed E-state index contributed by atoms with van der Waals surface area (Å²) in [6.45, 7) is 3.92. The van der Waals surface area contributed by atoms with E-state index in [-0.39, 0.29) is 30.7 Å². The van der Waals surface area contributed by atoms with Crippen LogP contribution in [0.25, 0.3) is 11.1 Å². The number of amides is 2. The molecule has 1 fully saturated rings. The molecule has 1 aliphatic carbocycles. The van der Waals surface area contributed by atoms with Gasteiger partial charge in [0.15, 0.2) is 0 Å². The third-order valence-corrected chi connectivity index (χ3v) is 7.34. The lowest BCUT2D eigenvalue weighted by Gasteiger charge is -2.32.